The van der Waals surface area contributed by atoms with Gasteiger partial charge in [0.15, 0.2) is 0 Å². The summed E-state index contributed by atoms with van der Waals surface area (Å²) in [5, 5.41) is 7.21. The van der Waals surface area contributed by atoms with Gasteiger partial charge in [-0.25, -0.2) is 0 Å². The fraction of sp³-hybridized carbons (Fsp3) is 0.769. The average molecular weight is 302 g/mol. The van der Waals surface area contributed by atoms with Crippen molar-refractivity contribution in [1.82, 2.24) is 14.9 Å². The molecule has 1 aliphatic rings. The van der Waals surface area contributed by atoms with Crippen molar-refractivity contribution in [2.24, 2.45) is 5.92 Å². The number of carbonyl (C=O) groups is 1. The topological polar surface area (TPSA) is 54.9 Å². The number of hydrogen-bond donors (Lipinski definition) is 1. The van der Waals surface area contributed by atoms with Crippen molar-refractivity contribution in [3.63, 3.8) is 0 Å². The van der Waals surface area contributed by atoms with Crippen molar-refractivity contribution in [1.29, 1.82) is 0 Å². The molecule has 1 aliphatic carbocycles. The summed E-state index contributed by atoms with van der Waals surface area (Å²) in [5.41, 5.74) is 0.786. The van der Waals surface area contributed by atoms with Crippen molar-refractivity contribution in [2.45, 2.75) is 50.8 Å². The zero-order valence-electron chi connectivity index (χ0n) is 11.4. The molecule has 19 heavy (non-hydrogen) atoms. The SMILES string of the molecule is CC(C)c1nnsc1C(=O)NCC1CCCCC1Cl. The van der Waals surface area contributed by atoms with Crippen molar-refractivity contribution >= 4 is 29.0 Å². The van der Waals surface area contributed by atoms with Crippen LogP contribution in [-0.4, -0.2) is 27.4 Å². The number of amides is 1. The summed E-state index contributed by atoms with van der Waals surface area (Å²) in [4.78, 5) is 12.8. The van der Waals surface area contributed by atoms with E-state index >= 15 is 0 Å². The standard InChI is InChI=1S/C13H20ClN3OS/c1-8(2)11-12(19-17-16-11)13(18)15-7-9-5-3-4-6-10(9)14/h8-10H,3-7H2,1-2H3,(H,15,18). The third kappa shape index (κ3) is 3.66. The first kappa shape index (κ1) is 14.7. The van der Waals surface area contributed by atoms with E-state index in [2.05, 4.69) is 14.9 Å². The van der Waals surface area contributed by atoms with Gasteiger partial charge < -0.3 is 5.32 Å². The smallest absolute Gasteiger partial charge is 0.264 e. The molecule has 0 aliphatic heterocycles. The van der Waals surface area contributed by atoms with Crippen LogP contribution in [0.1, 0.15) is 60.8 Å². The Labute approximate surface area is 123 Å². The second-order valence-electron chi connectivity index (χ2n) is 5.41. The van der Waals surface area contributed by atoms with E-state index < -0.39 is 0 Å². The van der Waals surface area contributed by atoms with Gasteiger partial charge in [0, 0.05) is 11.9 Å². The van der Waals surface area contributed by atoms with Crippen molar-refractivity contribution in [3.05, 3.63) is 10.6 Å². The van der Waals surface area contributed by atoms with Gasteiger partial charge in [0.2, 0.25) is 0 Å². The molecule has 1 heterocycles. The van der Waals surface area contributed by atoms with Crippen LogP contribution in [-0.2, 0) is 0 Å². The maximum atomic E-state index is 12.2. The van der Waals surface area contributed by atoms with Gasteiger partial charge in [0.1, 0.15) is 4.88 Å². The van der Waals surface area contributed by atoms with E-state index in [1.165, 1.54) is 24.4 Å². The third-order valence-corrected chi connectivity index (χ3v) is 4.92. The van der Waals surface area contributed by atoms with Crippen LogP contribution < -0.4 is 5.32 Å². The molecule has 1 amide bonds. The van der Waals surface area contributed by atoms with E-state index in [1.54, 1.807) is 0 Å². The minimum absolute atomic E-state index is 0.0619. The molecular weight excluding hydrogens is 282 g/mol. The highest BCUT2D eigenvalue weighted by molar-refractivity contribution is 7.08. The number of hydrogen-bond acceptors (Lipinski definition) is 4. The van der Waals surface area contributed by atoms with Crippen LogP contribution in [0.4, 0.5) is 0 Å². The van der Waals surface area contributed by atoms with Gasteiger partial charge in [-0.3, -0.25) is 4.79 Å². The Morgan fingerprint density at radius 1 is 1.47 bits per heavy atom. The second-order valence-corrected chi connectivity index (χ2v) is 6.73. The van der Waals surface area contributed by atoms with Gasteiger partial charge in [-0.05, 0) is 36.2 Å². The molecule has 2 rings (SSSR count). The molecule has 4 nitrogen and oxygen atoms in total. The fourth-order valence-corrected chi connectivity index (χ4v) is 3.53. The van der Waals surface area contributed by atoms with E-state index in [9.17, 15) is 4.79 Å². The van der Waals surface area contributed by atoms with E-state index in [1.807, 2.05) is 13.8 Å². The molecule has 1 aromatic rings. The average Bonchev–Trinajstić information content (AvgIpc) is 2.87. The molecule has 1 saturated carbocycles. The van der Waals surface area contributed by atoms with E-state index in [0.29, 0.717) is 17.3 Å². The number of nitrogens with zero attached hydrogens (tertiary/aromatic N) is 2. The first-order valence-corrected chi connectivity index (χ1v) is 8.05. The Kier molecular flexibility index (Phi) is 5.16. The van der Waals surface area contributed by atoms with Crippen LogP contribution in [0.15, 0.2) is 0 Å². The summed E-state index contributed by atoms with van der Waals surface area (Å²) in [6.45, 7) is 4.69. The maximum Gasteiger partial charge on any atom is 0.264 e. The number of halogens is 1. The van der Waals surface area contributed by atoms with Gasteiger partial charge in [0.25, 0.3) is 5.91 Å². The minimum atomic E-state index is -0.0619. The van der Waals surface area contributed by atoms with Crippen molar-refractivity contribution < 1.29 is 4.79 Å². The molecule has 0 saturated heterocycles. The summed E-state index contributed by atoms with van der Waals surface area (Å²) < 4.78 is 3.88. The molecule has 106 valence electrons. The zero-order valence-corrected chi connectivity index (χ0v) is 12.9. The molecule has 0 radical (unpaired) electrons. The van der Waals surface area contributed by atoms with Crippen molar-refractivity contribution in [3.8, 4) is 0 Å². The van der Waals surface area contributed by atoms with E-state index in [0.717, 1.165) is 18.5 Å². The molecule has 0 aromatic carbocycles. The summed E-state index contributed by atoms with van der Waals surface area (Å²) in [5.74, 6) is 0.547. The Balaban J connectivity index is 1.92. The van der Waals surface area contributed by atoms with Gasteiger partial charge >= 0.3 is 0 Å². The van der Waals surface area contributed by atoms with Crippen LogP contribution in [0.3, 0.4) is 0 Å². The second kappa shape index (κ2) is 6.66. The normalized spacial score (nSPS) is 23.6. The highest BCUT2D eigenvalue weighted by Crippen LogP contribution is 2.28. The van der Waals surface area contributed by atoms with E-state index in [-0.39, 0.29) is 17.2 Å². The molecular formula is C13H20ClN3OS. The van der Waals surface area contributed by atoms with Crippen LogP contribution in [0.5, 0.6) is 0 Å². The Hall–Kier alpha value is -0.680. The van der Waals surface area contributed by atoms with Crippen LogP contribution >= 0.6 is 23.1 Å². The Morgan fingerprint density at radius 3 is 2.89 bits per heavy atom. The molecule has 6 heteroatoms. The van der Waals surface area contributed by atoms with Gasteiger partial charge in [-0.15, -0.1) is 16.7 Å². The summed E-state index contributed by atoms with van der Waals surface area (Å²) >= 11 is 7.47. The molecule has 1 N–H and O–H groups in total. The van der Waals surface area contributed by atoms with Crippen LogP contribution in [0.2, 0.25) is 0 Å². The lowest BCUT2D eigenvalue weighted by molar-refractivity contribution is 0.0946. The number of aromatic nitrogens is 2. The molecule has 1 fully saturated rings. The first-order chi connectivity index (χ1) is 9.09. The van der Waals surface area contributed by atoms with Crippen LogP contribution in [0, 0.1) is 5.92 Å². The largest absolute Gasteiger partial charge is 0.351 e. The van der Waals surface area contributed by atoms with Gasteiger partial charge in [-0.1, -0.05) is 31.2 Å². The molecule has 0 bridgehead atoms. The maximum absolute atomic E-state index is 12.2. The van der Waals surface area contributed by atoms with E-state index in [4.69, 9.17) is 11.6 Å². The monoisotopic (exact) mass is 301 g/mol. The van der Waals surface area contributed by atoms with Crippen molar-refractivity contribution in [2.75, 3.05) is 6.54 Å². The van der Waals surface area contributed by atoms with Crippen LogP contribution in [0.25, 0.3) is 0 Å². The lowest BCUT2D eigenvalue weighted by Gasteiger charge is -2.27. The number of carbonyl (C=O) groups excluding carboxylic acids is 1. The molecule has 1 aromatic heterocycles. The first-order valence-electron chi connectivity index (χ1n) is 6.84. The number of rotatable bonds is 4. The Bertz CT molecular complexity index is 435. The highest BCUT2D eigenvalue weighted by Gasteiger charge is 2.25. The van der Waals surface area contributed by atoms with Gasteiger partial charge in [0.05, 0.1) is 5.69 Å². The quantitative estimate of drug-likeness (QED) is 0.869. The minimum Gasteiger partial charge on any atom is -0.351 e. The molecule has 0 spiro atoms. The lowest BCUT2D eigenvalue weighted by atomic mass is 9.89. The lowest BCUT2D eigenvalue weighted by Crippen LogP contribution is -2.34. The van der Waals surface area contributed by atoms with Gasteiger partial charge in [-0.2, -0.15) is 0 Å². The predicted molar refractivity (Wildman–Crippen MR) is 77.9 cm³/mol. The highest BCUT2D eigenvalue weighted by atomic mass is 35.5. The summed E-state index contributed by atoms with van der Waals surface area (Å²) in [6.07, 6.45) is 4.58. The number of alkyl halides is 1. The number of nitrogens with one attached hydrogen (secondary N) is 1. The summed E-state index contributed by atoms with van der Waals surface area (Å²) in [7, 11) is 0. The molecule has 2 unspecified atom stereocenters. The molecule has 2 atom stereocenters. The Morgan fingerprint density at radius 2 is 2.21 bits per heavy atom. The zero-order chi connectivity index (χ0) is 13.8. The predicted octanol–water partition coefficient (Wildman–Crippen LogP) is 3.19. The summed E-state index contributed by atoms with van der Waals surface area (Å²) in [6, 6.07) is 0. The fourth-order valence-electron chi connectivity index (χ4n) is 2.43. The third-order valence-electron chi connectivity index (χ3n) is 3.61.